The van der Waals surface area contributed by atoms with Crippen molar-refractivity contribution in [3.8, 4) is 5.75 Å². The topological polar surface area (TPSA) is 21.3 Å². The summed E-state index contributed by atoms with van der Waals surface area (Å²) in [6, 6.07) is 6.29. The first-order valence-electron chi connectivity index (χ1n) is 5.02. The number of hydrogen-bond donors (Lipinski definition) is 1. The molecule has 1 aromatic carbocycles. The summed E-state index contributed by atoms with van der Waals surface area (Å²) in [6.45, 7) is 5.37. The van der Waals surface area contributed by atoms with Gasteiger partial charge in [0.1, 0.15) is 5.75 Å². The molecule has 1 N–H and O–H groups in total. The predicted molar refractivity (Wildman–Crippen MR) is 57.6 cm³/mol. The molecule has 0 bridgehead atoms. The van der Waals surface area contributed by atoms with Gasteiger partial charge < -0.3 is 10.1 Å². The van der Waals surface area contributed by atoms with E-state index < -0.39 is 0 Å². The second-order valence-electron chi connectivity index (χ2n) is 4.51. The van der Waals surface area contributed by atoms with Crippen molar-refractivity contribution in [2.24, 2.45) is 0 Å². The molecule has 0 unspecified atom stereocenters. The molecule has 2 rings (SSSR count). The molecule has 0 aromatic heterocycles. The van der Waals surface area contributed by atoms with Gasteiger partial charge in [0, 0.05) is 17.6 Å². The minimum Gasteiger partial charge on any atom is -0.496 e. The molecule has 0 saturated heterocycles. The lowest BCUT2D eigenvalue weighted by Crippen LogP contribution is -2.44. The van der Waals surface area contributed by atoms with E-state index in [0.717, 1.165) is 18.7 Å². The number of hydrogen-bond acceptors (Lipinski definition) is 2. The third kappa shape index (κ3) is 1.62. The van der Waals surface area contributed by atoms with Gasteiger partial charge in [-0.1, -0.05) is 12.1 Å². The Kier molecular flexibility index (Phi) is 2.23. The Labute approximate surface area is 85.3 Å². The first-order valence-corrected chi connectivity index (χ1v) is 5.02. The van der Waals surface area contributed by atoms with E-state index in [1.807, 2.05) is 6.07 Å². The first-order chi connectivity index (χ1) is 6.62. The molecule has 0 spiro atoms. The van der Waals surface area contributed by atoms with Crippen molar-refractivity contribution in [2.45, 2.75) is 32.4 Å². The van der Waals surface area contributed by atoms with Crippen LogP contribution in [-0.2, 0) is 13.0 Å². The van der Waals surface area contributed by atoms with Gasteiger partial charge in [0.05, 0.1) is 7.11 Å². The lowest BCUT2D eigenvalue weighted by Gasteiger charge is -2.33. The fourth-order valence-electron chi connectivity index (χ4n) is 2.03. The normalized spacial score (nSPS) is 18.8. The van der Waals surface area contributed by atoms with Crippen molar-refractivity contribution in [1.82, 2.24) is 5.32 Å². The van der Waals surface area contributed by atoms with E-state index in [-0.39, 0.29) is 5.54 Å². The van der Waals surface area contributed by atoms with Crippen LogP contribution in [0.1, 0.15) is 25.0 Å². The van der Waals surface area contributed by atoms with E-state index in [1.54, 1.807) is 7.11 Å². The SMILES string of the molecule is COc1cccc2c1CNC(C)(C)C2. The van der Waals surface area contributed by atoms with Crippen LogP contribution in [0.4, 0.5) is 0 Å². The zero-order valence-electron chi connectivity index (χ0n) is 9.05. The van der Waals surface area contributed by atoms with Crippen LogP contribution in [-0.4, -0.2) is 12.6 Å². The van der Waals surface area contributed by atoms with Gasteiger partial charge in [-0.25, -0.2) is 0 Å². The molecule has 0 atom stereocenters. The van der Waals surface area contributed by atoms with Crippen molar-refractivity contribution in [3.63, 3.8) is 0 Å². The Hall–Kier alpha value is -1.02. The van der Waals surface area contributed by atoms with Crippen LogP contribution >= 0.6 is 0 Å². The zero-order chi connectivity index (χ0) is 10.2. The zero-order valence-corrected chi connectivity index (χ0v) is 9.05. The maximum absolute atomic E-state index is 5.34. The highest BCUT2D eigenvalue weighted by Gasteiger charge is 2.25. The molecule has 2 heteroatoms. The summed E-state index contributed by atoms with van der Waals surface area (Å²) < 4.78 is 5.34. The van der Waals surface area contributed by atoms with Gasteiger partial charge in [-0.2, -0.15) is 0 Å². The van der Waals surface area contributed by atoms with Gasteiger partial charge in [-0.3, -0.25) is 0 Å². The minimum atomic E-state index is 0.208. The Morgan fingerprint density at radius 2 is 2.14 bits per heavy atom. The van der Waals surface area contributed by atoms with Gasteiger partial charge in [-0.05, 0) is 31.9 Å². The van der Waals surface area contributed by atoms with E-state index in [0.29, 0.717) is 0 Å². The molecule has 0 amide bonds. The van der Waals surface area contributed by atoms with Crippen LogP contribution in [0.25, 0.3) is 0 Å². The summed E-state index contributed by atoms with van der Waals surface area (Å²) in [5.41, 5.74) is 2.93. The van der Waals surface area contributed by atoms with E-state index in [1.165, 1.54) is 11.1 Å². The lowest BCUT2D eigenvalue weighted by atomic mass is 9.87. The average Bonchev–Trinajstić information content (AvgIpc) is 2.15. The molecule has 0 radical (unpaired) electrons. The van der Waals surface area contributed by atoms with Crippen LogP contribution < -0.4 is 10.1 Å². The van der Waals surface area contributed by atoms with E-state index in [2.05, 4.69) is 31.3 Å². The highest BCUT2D eigenvalue weighted by atomic mass is 16.5. The molecular weight excluding hydrogens is 174 g/mol. The molecule has 76 valence electrons. The minimum absolute atomic E-state index is 0.208. The molecule has 1 aliphatic heterocycles. The lowest BCUT2D eigenvalue weighted by molar-refractivity contribution is 0.347. The second kappa shape index (κ2) is 3.28. The van der Waals surface area contributed by atoms with Gasteiger partial charge in [0.15, 0.2) is 0 Å². The van der Waals surface area contributed by atoms with Crippen LogP contribution in [0.3, 0.4) is 0 Å². The van der Waals surface area contributed by atoms with Gasteiger partial charge in [-0.15, -0.1) is 0 Å². The van der Waals surface area contributed by atoms with Crippen molar-refractivity contribution in [2.75, 3.05) is 7.11 Å². The monoisotopic (exact) mass is 191 g/mol. The number of nitrogens with one attached hydrogen (secondary N) is 1. The molecule has 2 nitrogen and oxygen atoms in total. The summed E-state index contributed by atoms with van der Waals surface area (Å²) >= 11 is 0. The molecule has 14 heavy (non-hydrogen) atoms. The van der Waals surface area contributed by atoms with E-state index in [4.69, 9.17) is 4.74 Å². The van der Waals surface area contributed by atoms with E-state index in [9.17, 15) is 0 Å². The first kappa shape index (κ1) is 9.53. The number of ether oxygens (including phenoxy) is 1. The van der Waals surface area contributed by atoms with Gasteiger partial charge in [0.2, 0.25) is 0 Å². The number of methoxy groups -OCH3 is 1. The van der Waals surface area contributed by atoms with Crippen LogP contribution in [0, 0.1) is 0 Å². The molecular formula is C12H17NO. The maximum atomic E-state index is 5.34. The Balaban J connectivity index is 2.40. The van der Waals surface area contributed by atoms with Crippen molar-refractivity contribution < 1.29 is 4.74 Å². The Morgan fingerprint density at radius 3 is 2.86 bits per heavy atom. The summed E-state index contributed by atoms with van der Waals surface area (Å²) in [5.74, 6) is 1.01. The quantitative estimate of drug-likeness (QED) is 0.734. The third-order valence-electron chi connectivity index (χ3n) is 2.83. The highest BCUT2D eigenvalue weighted by Crippen LogP contribution is 2.29. The predicted octanol–water partition coefficient (Wildman–Crippen LogP) is 2.12. The number of fused-ring (bicyclic) bond motifs is 1. The van der Waals surface area contributed by atoms with Crippen LogP contribution in [0.5, 0.6) is 5.75 Å². The van der Waals surface area contributed by atoms with Crippen LogP contribution in [0.2, 0.25) is 0 Å². The molecule has 0 saturated carbocycles. The average molecular weight is 191 g/mol. The fraction of sp³-hybridized carbons (Fsp3) is 0.500. The largest absolute Gasteiger partial charge is 0.496 e. The van der Waals surface area contributed by atoms with Crippen LogP contribution in [0.15, 0.2) is 18.2 Å². The van der Waals surface area contributed by atoms with Crippen molar-refractivity contribution >= 4 is 0 Å². The van der Waals surface area contributed by atoms with Crippen molar-refractivity contribution in [3.05, 3.63) is 29.3 Å². The molecule has 1 heterocycles. The third-order valence-corrected chi connectivity index (χ3v) is 2.83. The van der Waals surface area contributed by atoms with E-state index >= 15 is 0 Å². The summed E-state index contributed by atoms with van der Waals surface area (Å²) in [7, 11) is 1.73. The number of rotatable bonds is 1. The molecule has 1 aliphatic rings. The Bertz CT molecular complexity index is 344. The Morgan fingerprint density at radius 1 is 1.36 bits per heavy atom. The summed E-state index contributed by atoms with van der Waals surface area (Å²) in [6.07, 6.45) is 1.07. The van der Waals surface area contributed by atoms with Crippen molar-refractivity contribution in [1.29, 1.82) is 0 Å². The summed E-state index contributed by atoms with van der Waals surface area (Å²) in [4.78, 5) is 0. The fourth-order valence-corrected chi connectivity index (χ4v) is 2.03. The second-order valence-corrected chi connectivity index (χ2v) is 4.51. The smallest absolute Gasteiger partial charge is 0.123 e. The highest BCUT2D eigenvalue weighted by molar-refractivity contribution is 5.42. The standard InChI is InChI=1S/C12H17NO/c1-12(2)7-9-5-4-6-11(14-3)10(9)8-13-12/h4-6,13H,7-8H2,1-3H3. The maximum Gasteiger partial charge on any atom is 0.123 e. The van der Waals surface area contributed by atoms with Gasteiger partial charge in [0.25, 0.3) is 0 Å². The summed E-state index contributed by atoms with van der Waals surface area (Å²) in [5, 5.41) is 3.51. The molecule has 0 aliphatic carbocycles. The van der Waals surface area contributed by atoms with Gasteiger partial charge >= 0.3 is 0 Å². The molecule has 1 aromatic rings. The number of benzene rings is 1. The molecule has 0 fully saturated rings.